The van der Waals surface area contributed by atoms with Crippen LogP contribution in [0.25, 0.3) is 0 Å². The number of aliphatic hydroxyl groups excluding tert-OH is 5. The topological polar surface area (TPSA) is 175 Å². The predicted molar refractivity (Wildman–Crippen MR) is 301 cm³/mol. The molecule has 1 aliphatic heterocycles. The van der Waals surface area contributed by atoms with Gasteiger partial charge in [0.2, 0.25) is 5.91 Å². The molecule has 1 amide bonds. The highest BCUT2D eigenvalue weighted by atomic mass is 16.7. The second kappa shape index (κ2) is 50.2. The standard InChI is InChI=1S/C62H111NO10/c1-4-7-10-13-16-19-22-25-27-28-29-32-35-38-41-44-47-50-57(67)73-60-59(69)58(68)56(51-64)72-62(60)71-52-53(54(65)48-45-42-39-36-33-30-24-21-18-15-12-9-6-3)63-61(70)55(66)49-46-43-40-37-34-31-26-23-20-17-14-11-8-5-2/h16,19-20,23,25,27,29,32,45,48,53-56,58-60,62,64-66,68-69H,4-15,17-18,21-22,24,26,28,30-31,33-44,46-47,49-52H2,1-3H3,(H,63,70)/b19-16-,23-20-,27-25-,32-29-,48-45+. The van der Waals surface area contributed by atoms with E-state index in [9.17, 15) is 35.1 Å². The van der Waals surface area contributed by atoms with Gasteiger partial charge in [-0.15, -0.1) is 0 Å². The number of nitrogens with one attached hydrogen (secondary N) is 1. The number of esters is 1. The van der Waals surface area contributed by atoms with Gasteiger partial charge in [-0.3, -0.25) is 9.59 Å². The van der Waals surface area contributed by atoms with Gasteiger partial charge in [0.1, 0.15) is 24.4 Å². The first-order valence-electron chi connectivity index (χ1n) is 30.1. The minimum atomic E-state index is -1.62. The van der Waals surface area contributed by atoms with Gasteiger partial charge in [-0.25, -0.2) is 0 Å². The average molecular weight is 1030 g/mol. The Kier molecular flexibility index (Phi) is 47.0. The summed E-state index contributed by atoms with van der Waals surface area (Å²) in [5, 5.41) is 56.9. The van der Waals surface area contributed by atoms with Crippen molar-refractivity contribution < 1.29 is 49.3 Å². The summed E-state index contributed by atoms with van der Waals surface area (Å²) >= 11 is 0. The number of unbranched alkanes of at least 4 members (excludes halogenated alkanes) is 28. The number of hydrogen-bond acceptors (Lipinski definition) is 10. The van der Waals surface area contributed by atoms with E-state index in [0.29, 0.717) is 12.8 Å². The van der Waals surface area contributed by atoms with Crippen LogP contribution in [0.15, 0.2) is 60.8 Å². The molecule has 73 heavy (non-hydrogen) atoms. The number of rotatable bonds is 50. The number of allylic oxidation sites excluding steroid dienone is 9. The predicted octanol–water partition coefficient (Wildman–Crippen LogP) is 13.8. The molecule has 8 atom stereocenters. The molecule has 1 saturated heterocycles. The summed E-state index contributed by atoms with van der Waals surface area (Å²) in [6.07, 6.45) is 51.1. The van der Waals surface area contributed by atoms with E-state index in [2.05, 4.69) is 74.7 Å². The summed E-state index contributed by atoms with van der Waals surface area (Å²) in [7, 11) is 0. The number of amides is 1. The summed E-state index contributed by atoms with van der Waals surface area (Å²) < 4.78 is 17.6. The van der Waals surface area contributed by atoms with Gasteiger partial charge in [0.25, 0.3) is 0 Å². The van der Waals surface area contributed by atoms with Crippen molar-refractivity contribution in [1.82, 2.24) is 5.32 Å². The molecule has 1 rings (SSSR count). The lowest BCUT2D eigenvalue weighted by atomic mass is 9.99. The third kappa shape index (κ3) is 38.5. The van der Waals surface area contributed by atoms with Crippen LogP contribution in [0.3, 0.4) is 0 Å². The molecular formula is C62H111NO10. The van der Waals surface area contributed by atoms with Crippen LogP contribution in [-0.2, 0) is 23.8 Å². The maximum Gasteiger partial charge on any atom is 0.306 e. The van der Waals surface area contributed by atoms with Crippen molar-refractivity contribution in [3.63, 3.8) is 0 Å². The third-order valence-corrected chi connectivity index (χ3v) is 13.9. The quantitative estimate of drug-likeness (QED) is 0.0195. The van der Waals surface area contributed by atoms with E-state index < -0.39 is 67.4 Å². The van der Waals surface area contributed by atoms with E-state index in [4.69, 9.17) is 14.2 Å². The van der Waals surface area contributed by atoms with Gasteiger partial charge in [0.05, 0.1) is 25.4 Å². The molecule has 424 valence electrons. The van der Waals surface area contributed by atoms with Gasteiger partial charge in [0, 0.05) is 6.42 Å². The van der Waals surface area contributed by atoms with Crippen LogP contribution in [0.4, 0.5) is 0 Å². The fraction of sp³-hybridized carbons (Fsp3) is 0.806. The smallest absolute Gasteiger partial charge is 0.306 e. The number of carbonyl (C=O) groups is 2. The molecule has 0 aliphatic carbocycles. The first-order chi connectivity index (χ1) is 35.7. The van der Waals surface area contributed by atoms with Crippen LogP contribution < -0.4 is 5.32 Å². The molecule has 11 nitrogen and oxygen atoms in total. The van der Waals surface area contributed by atoms with E-state index >= 15 is 0 Å². The van der Waals surface area contributed by atoms with Gasteiger partial charge in [-0.05, 0) is 89.9 Å². The number of carbonyl (C=O) groups excluding carboxylic acids is 2. The molecule has 1 heterocycles. The van der Waals surface area contributed by atoms with E-state index in [1.54, 1.807) is 6.08 Å². The Hall–Kier alpha value is -2.64. The van der Waals surface area contributed by atoms with E-state index in [1.165, 1.54) is 116 Å². The Balaban J connectivity index is 2.74. The van der Waals surface area contributed by atoms with Crippen molar-refractivity contribution in [1.29, 1.82) is 0 Å². The molecule has 0 bridgehead atoms. The van der Waals surface area contributed by atoms with Crippen molar-refractivity contribution in [2.45, 2.75) is 307 Å². The zero-order valence-corrected chi connectivity index (χ0v) is 46.7. The lowest BCUT2D eigenvalue weighted by Crippen LogP contribution is -2.61. The minimum absolute atomic E-state index is 0.0965. The van der Waals surface area contributed by atoms with Gasteiger partial charge < -0.3 is 45.1 Å². The van der Waals surface area contributed by atoms with Crippen molar-refractivity contribution >= 4 is 11.9 Å². The summed E-state index contributed by atoms with van der Waals surface area (Å²) in [6.45, 7) is 5.73. The molecule has 6 N–H and O–H groups in total. The van der Waals surface area contributed by atoms with Crippen molar-refractivity contribution in [2.75, 3.05) is 13.2 Å². The molecule has 8 unspecified atom stereocenters. The summed E-state index contributed by atoms with van der Waals surface area (Å²) in [5.74, 6) is -1.22. The highest BCUT2D eigenvalue weighted by Gasteiger charge is 2.47. The number of aliphatic hydroxyl groups is 5. The Bertz CT molecular complexity index is 1420. The second-order valence-corrected chi connectivity index (χ2v) is 20.7. The third-order valence-electron chi connectivity index (χ3n) is 13.9. The van der Waals surface area contributed by atoms with E-state index in [1.807, 2.05) is 6.08 Å². The Morgan fingerprint density at radius 3 is 1.47 bits per heavy atom. The maximum absolute atomic E-state index is 13.4. The first kappa shape index (κ1) is 68.4. The summed E-state index contributed by atoms with van der Waals surface area (Å²) in [6, 6.07) is -1.03. The summed E-state index contributed by atoms with van der Waals surface area (Å²) in [4.78, 5) is 26.5. The highest BCUT2D eigenvalue weighted by Crippen LogP contribution is 2.26. The van der Waals surface area contributed by atoms with Crippen LogP contribution in [0.1, 0.15) is 258 Å². The Morgan fingerprint density at radius 2 is 0.945 bits per heavy atom. The molecule has 0 aromatic carbocycles. The second-order valence-electron chi connectivity index (χ2n) is 20.7. The van der Waals surface area contributed by atoms with Crippen LogP contribution >= 0.6 is 0 Å². The molecule has 0 spiro atoms. The lowest BCUT2D eigenvalue weighted by molar-refractivity contribution is -0.305. The van der Waals surface area contributed by atoms with Crippen molar-refractivity contribution in [3.8, 4) is 0 Å². The number of hydrogen-bond donors (Lipinski definition) is 6. The largest absolute Gasteiger partial charge is 0.454 e. The maximum atomic E-state index is 13.4. The zero-order chi connectivity index (χ0) is 53.3. The molecule has 1 aliphatic rings. The monoisotopic (exact) mass is 1030 g/mol. The SMILES string of the molecule is CCCCC/C=C\C/C=C\C/C=C\CCCCCCC(=O)OC1C(OCC(NC(=O)C(O)CCCCCCCC/C=C\CCCCCC)C(O)/C=C/CCCCCCCCCCCCC)OC(CO)C(O)C1O. The first-order valence-corrected chi connectivity index (χ1v) is 30.1. The Labute approximate surface area is 446 Å². The Morgan fingerprint density at radius 1 is 0.534 bits per heavy atom. The normalized spacial score (nSPS) is 19.8. The zero-order valence-electron chi connectivity index (χ0n) is 46.7. The number of ether oxygens (including phenoxy) is 3. The van der Waals surface area contributed by atoms with Crippen molar-refractivity contribution in [2.24, 2.45) is 0 Å². The van der Waals surface area contributed by atoms with Crippen molar-refractivity contribution in [3.05, 3.63) is 60.8 Å². The van der Waals surface area contributed by atoms with E-state index in [-0.39, 0.29) is 19.4 Å². The van der Waals surface area contributed by atoms with Gasteiger partial charge in [-0.1, -0.05) is 223 Å². The van der Waals surface area contributed by atoms with Crippen LogP contribution in [0.5, 0.6) is 0 Å². The molecule has 0 radical (unpaired) electrons. The summed E-state index contributed by atoms with van der Waals surface area (Å²) in [5.41, 5.74) is 0. The highest BCUT2D eigenvalue weighted by molar-refractivity contribution is 5.80. The molecule has 0 aromatic heterocycles. The van der Waals surface area contributed by atoms with Crippen LogP contribution in [0.2, 0.25) is 0 Å². The van der Waals surface area contributed by atoms with Gasteiger partial charge in [0.15, 0.2) is 12.4 Å². The van der Waals surface area contributed by atoms with Crippen LogP contribution in [0, 0.1) is 0 Å². The van der Waals surface area contributed by atoms with Crippen LogP contribution in [-0.4, -0.2) is 99.6 Å². The molecule has 0 saturated carbocycles. The average Bonchev–Trinajstić information content (AvgIpc) is 3.39. The van der Waals surface area contributed by atoms with Gasteiger partial charge in [-0.2, -0.15) is 0 Å². The lowest BCUT2D eigenvalue weighted by Gasteiger charge is -2.41. The van der Waals surface area contributed by atoms with Gasteiger partial charge >= 0.3 is 5.97 Å². The minimum Gasteiger partial charge on any atom is -0.454 e. The molecule has 0 aromatic rings. The fourth-order valence-corrected chi connectivity index (χ4v) is 9.06. The molecule has 1 fully saturated rings. The molecular weight excluding hydrogens is 919 g/mol. The van der Waals surface area contributed by atoms with E-state index in [0.717, 1.165) is 96.3 Å². The fourth-order valence-electron chi connectivity index (χ4n) is 9.06. The molecule has 11 heteroatoms.